The third kappa shape index (κ3) is 3.28. The minimum Gasteiger partial charge on any atom is -0.423 e. The maximum absolute atomic E-state index is 13.6. The second-order valence-corrected chi connectivity index (χ2v) is 5.33. The first-order valence-electron chi connectivity index (χ1n) is 6.27. The van der Waals surface area contributed by atoms with Crippen molar-refractivity contribution in [2.45, 2.75) is 6.54 Å². The van der Waals surface area contributed by atoms with Crippen molar-refractivity contribution in [2.75, 3.05) is 5.32 Å². The molecule has 0 unspecified atom stereocenters. The molecular weight excluding hydrogens is 337 g/mol. The lowest BCUT2D eigenvalue weighted by Gasteiger charge is -2.08. The van der Waals surface area contributed by atoms with Crippen molar-refractivity contribution in [2.24, 2.45) is 0 Å². The summed E-state index contributed by atoms with van der Waals surface area (Å²) in [7, 11) is 0. The van der Waals surface area contributed by atoms with E-state index >= 15 is 0 Å². The van der Waals surface area contributed by atoms with Crippen molar-refractivity contribution in [3.8, 4) is 11.5 Å². The third-order valence-corrected chi connectivity index (χ3v) is 3.48. The molecule has 1 aromatic heterocycles. The highest BCUT2D eigenvalue weighted by Gasteiger charge is 2.05. The fraction of sp³-hybridized carbons (Fsp3) is 0.0667. The van der Waals surface area contributed by atoms with Crippen LogP contribution in [0.4, 0.5) is 10.1 Å². The first-order valence-corrected chi connectivity index (χ1v) is 7.06. The second kappa shape index (κ2) is 6.05. The van der Waals surface area contributed by atoms with Crippen LogP contribution in [0.2, 0.25) is 0 Å². The molecule has 0 bridgehead atoms. The summed E-state index contributed by atoms with van der Waals surface area (Å²) in [5.41, 5.74) is 2.33. The van der Waals surface area contributed by atoms with E-state index in [1.54, 1.807) is 12.1 Å². The van der Waals surface area contributed by atoms with Gasteiger partial charge in [-0.25, -0.2) is 4.39 Å². The van der Waals surface area contributed by atoms with Gasteiger partial charge in [-0.2, -0.15) is 0 Å². The maximum Gasteiger partial charge on any atom is 0.247 e. The summed E-state index contributed by atoms with van der Waals surface area (Å²) >= 11 is 3.34. The van der Waals surface area contributed by atoms with Gasteiger partial charge in [0.25, 0.3) is 0 Å². The van der Waals surface area contributed by atoms with Gasteiger partial charge in [-0.3, -0.25) is 0 Å². The zero-order valence-corrected chi connectivity index (χ0v) is 12.5. The van der Waals surface area contributed by atoms with Gasteiger partial charge in [-0.15, -0.1) is 10.2 Å². The summed E-state index contributed by atoms with van der Waals surface area (Å²) < 4.78 is 19.6. The van der Waals surface area contributed by atoms with Gasteiger partial charge in [0, 0.05) is 27.8 Å². The molecule has 4 nitrogen and oxygen atoms in total. The molecule has 0 saturated carbocycles. The molecular formula is C15H11BrFN3O. The van der Waals surface area contributed by atoms with Gasteiger partial charge in [0.05, 0.1) is 0 Å². The Morgan fingerprint density at radius 2 is 1.95 bits per heavy atom. The minimum absolute atomic E-state index is 0.229. The molecule has 106 valence electrons. The van der Waals surface area contributed by atoms with Crippen LogP contribution < -0.4 is 5.32 Å². The van der Waals surface area contributed by atoms with E-state index in [1.807, 2.05) is 24.3 Å². The lowest BCUT2D eigenvalue weighted by molar-refractivity contribution is 0.568. The molecule has 0 aliphatic carbocycles. The lowest BCUT2D eigenvalue weighted by Crippen LogP contribution is -2.01. The Bertz CT molecular complexity index is 729. The largest absolute Gasteiger partial charge is 0.423 e. The molecule has 0 spiro atoms. The molecule has 3 aromatic rings. The minimum atomic E-state index is -0.229. The quantitative estimate of drug-likeness (QED) is 0.766. The summed E-state index contributed by atoms with van der Waals surface area (Å²) in [5, 5.41) is 10.6. The van der Waals surface area contributed by atoms with Gasteiger partial charge >= 0.3 is 0 Å². The lowest BCUT2D eigenvalue weighted by atomic mass is 10.2. The Morgan fingerprint density at radius 1 is 1.14 bits per heavy atom. The molecule has 0 fully saturated rings. The van der Waals surface area contributed by atoms with Crippen LogP contribution in [0.3, 0.4) is 0 Å². The monoisotopic (exact) mass is 347 g/mol. The Labute approximate surface area is 129 Å². The second-order valence-electron chi connectivity index (χ2n) is 4.41. The van der Waals surface area contributed by atoms with Gasteiger partial charge in [0.2, 0.25) is 12.3 Å². The Kier molecular flexibility index (Phi) is 3.96. The summed E-state index contributed by atoms with van der Waals surface area (Å²) in [5.74, 6) is 0.243. The number of hydrogen-bond donors (Lipinski definition) is 1. The van der Waals surface area contributed by atoms with Crippen LogP contribution in [-0.2, 0) is 6.54 Å². The van der Waals surface area contributed by atoms with Crippen molar-refractivity contribution in [3.63, 3.8) is 0 Å². The molecule has 0 atom stereocenters. The van der Waals surface area contributed by atoms with Crippen molar-refractivity contribution >= 4 is 21.6 Å². The van der Waals surface area contributed by atoms with E-state index in [0.29, 0.717) is 18.0 Å². The number of anilines is 1. The van der Waals surface area contributed by atoms with Gasteiger partial charge in [0.15, 0.2) is 0 Å². The SMILES string of the molecule is Fc1ccc(Br)cc1CNc1ccc(-c2nnco2)cc1. The van der Waals surface area contributed by atoms with Crippen LogP contribution in [0.1, 0.15) is 5.56 Å². The predicted molar refractivity (Wildman–Crippen MR) is 81.2 cm³/mol. The number of nitrogens with one attached hydrogen (secondary N) is 1. The zero-order chi connectivity index (χ0) is 14.7. The molecule has 0 saturated heterocycles. The topological polar surface area (TPSA) is 51.0 Å². The molecule has 2 aromatic carbocycles. The average Bonchev–Trinajstić information content (AvgIpc) is 3.03. The number of rotatable bonds is 4. The van der Waals surface area contributed by atoms with E-state index in [-0.39, 0.29) is 5.82 Å². The highest BCUT2D eigenvalue weighted by molar-refractivity contribution is 9.10. The average molecular weight is 348 g/mol. The molecule has 21 heavy (non-hydrogen) atoms. The normalized spacial score (nSPS) is 10.6. The van der Waals surface area contributed by atoms with Crippen molar-refractivity contribution in [1.82, 2.24) is 10.2 Å². The Morgan fingerprint density at radius 3 is 2.67 bits per heavy atom. The van der Waals surface area contributed by atoms with Crippen LogP contribution in [0.25, 0.3) is 11.5 Å². The van der Waals surface area contributed by atoms with Gasteiger partial charge in [-0.1, -0.05) is 15.9 Å². The predicted octanol–water partition coefficient (Wildman–Crippen LogP) is 4.25. The highest BCUT2D eigenvalue weighted by Crippen LogP contribution is 2.20. The van der Waals surface area contributed by atoms with Crippen LogP contribution in [0, 0.1) is 5.82 Å². The van der Waals surface area contributed by atoms with Gasteiger partial charge < -0.3 is 9.73 Å². The smallest absolute Gasteiger partial charge is 0.247 e. The number of nitrogens with zero attached hydrogens (tertiary/aromatic N) is 2. The van der Waals surface area contributed by atoms with E-state index in [1.165, 1.54) is 12.5 Å². The first-order chi connectivity index (χ1) is 10.2. The van der Waals surface area contributed by atoms with Crippen molar-refractivity contribution in [1.29, 1.82) is 0 Å². The van der Waals surface area contributed by atoms with E-state index in [4.69, 9.17) is 4.42 Å². The fourth-order valence-corrected chi connectivity index (χ4v) is 2.31. The van der Waals surface area contributed by atoms with Crippen LogP contribution in [0.15, 0.2) is 57.7 Å². The van der Waals surface area contributed by atoms with E-state index < -0.39 is 0 Å². The Balaban J connectivity index is 1.70. The van der Waals surface area contributed by atoms with Gasteiger partial charge in [0.1, 0.15) is 5.82 Å². The molecule has 1 heterocycles. The Hall–Kier alpha value is -2.21. The van der Waals surface area contributed by atoms with Crippen LogP contribution >= 0.6 is 15.9 Å². The summed E-state index contributed by atoms with van der Waals surface area (Å²) in [6.07, 6.45) is 1.29. The van der Waals surface area contributed by atoms with E-state index in [0.717, 1.165) is 15.7 Å². The first kappa shape index (κ1) is 13.8. The maximum atomic E-state index is 13.6. The fourth-order valence-electron chi connectivity index (χ4n) is 1.91. The number of benzene rings is 2. The number of aromatic nitrogens is 2. The van der Waals surface area contributed by atoms with Crippen molar-refractivity contribution in [3.05, 3.63) is 64.7 Å². The molecule has 0 aliphatic rings. The van der Waals surface area contributed by atoms with Crippen LogP contribution in [0.5, 0.6) is 0 Å². The van der Waals surface area contributed by atoms with Crippen LogP contribution in [-0.4, -0.2) is 10.2 Å². The molecule has 6 heteroatoms. The van der Waals surface area contributed by atoms with Crippen molar-refractivity contribution < 1.29 is 8.81 Å². The van der Waals surface area contributed by atoms with E-state index in [9.17, 15) is 4.39 Å². The summed E-state index contributed by atoms with van der Waals surface area (Å²) in [4.78, 5) is 0. The molecule has 0 aliphatic heterocycles. The summed E-state index contributed by atoms with van der Waals surface area (Å²) in [6, 6.07) is 12.4. The van der Waals surface area contributed by atoms with Gasteiger partial charge in [-0.05, 0) is 42.5 Å². The highest BCUT2D eigenvalue weighted by atomic mass is 79.9. The van der Waals surface area contributed by atoms with E-state index in [2.05, 4.69) is 31.4 Å². The summed E-state index contributed by atoms with van der Waals surface area (Å²) in [6.45, 7) is 0.408. The number of halogens is 2. The molecule has 3 rings (SSSR count). The standard InChI is InChI=1S/C15H11BrFN3O/c16-12-3-6-14(17)11(7-12)8-18-13-4-1-10(2-5-13)15-20-19-9-21-15/h1-7,9,18H,8H2. The number of hydrogen-bond acceptors (Lipinski definition) is 4. The molecule has 1 N–H and O–H groups in total. The zero-order valence-electron chi connectivity index (χ0n) is 10.9. The molecule has 0 radical (unpaired) electrons. The third-order valence-electron chi connectivity index (χ3n) is 2.98. The molecule has 0 amide bonds.